The Morgan fingerprint density at radius 1 is 1.07 bits per heavy atom. The van der Waals surface area contributed by atoms with Crippen molar-refractivity contribution in [3.8, 4) is 0 Å². The third kappa shape index (κ3) is 4.30. The molecule has 0 atom stereocenters. The largest absolute Gasteiger partial charge is 0.397 e. The zero-order valence-electron chi connectivity index (χ0n) is 16.3. The van der Waals surface area contributed by atoms with Gasteiger partial charge >= 0.3 is 0 Å². The maximum Gasteiger partial charge on any atom is 0.255 e. The van der Waals surface area contributed by atoms with Gasteiger partial charge in [-0.3, -0.25) is 14.4 Å². The molecule has 3 rings (SSSR count). The molecule has 146 valence electrons. The molecule has 0 spiro atoms. The highest BCUT2D eigenvalue weighted by Gasteiger charge is 2.40. The summed E-state index contributed by atoms with van der Waals surface area (Å²) in [6.07, 6.45) is 2.13. The second-order valence-electron chi connectivity index (χ2n) is 7.95. The first-order valence-corrected chi connectivity index (χ1v) is 9.61. The van der Waals surface area contributed by atoms with Crippen LogP contribution in [-0.2, 0) is 16.0 Å². The van der Waals surface area contributed by atoms with Crippen molar-refractivity contribution in [3.63, 3.8) is 0 Å². The van der Waals surface area contributed by atoms with Gasteiger partial charge in [0.1, 0.15) is 11.6 Å². The van der Waals surface area contributed by atoms with Gasteiger partial charge in [0.25, 0.3) is 5.91 Å². The van der Waals surface area contributed by atoms with Crippen molar-refractivity contribution >= 4 is 28.8 Å². The Bertz CT molecular complexity index is 884. The van der Waals surface area contributed by atoms with E-state index in [1.54, 1.807) is 48.5 Å². The minimum absolute atomic E-state index is 0.0296. The summed E-state index contributed by atoms with van der Waals surface area (Å²) in [5.41, 5.74) is 8.08. The van der Waals surface area contributed by atoms with Crippen molar-refractivity contribution < 1.29 is 14.4 Å². The molecule has 0 heterocycles. The number of rotatable bonds is 5. The molecule has 1 aliphatic rings. The maximum absolute atomic E-state index is 12.5. The van der Waals surface area contributed by atoms with Crippen molar-refractivity contribution in [1.82, 2.24) is 0 Å². The molecule has 1 aliphatic carbocycles. The van der Waals surface area contributed by atoms with E-state index < -0.39 is 5.92 Å². The summed E-state index contributed by atoms with van der Waals surface area (Å²) < 4.78 is 0. The highest BCUT2D eigenvalue weighted by atomic mass is 16.2. The van der Waals surface area contributed by atoms with Gasteiger partial charge in [0, 0.05) is 18.4 Å². The van der Waals surface area contributed by atoms with Gasteiger partial charge in [-0.15, -0.1) is 0 Å². The van der Waals surface area contributed by atoms with Gasteiger partial charge < -0.3 is 11.1 Å². The Balaban J connectivity index is 1.66. The number of nitrogens with two attached hydrogens (primary N) is 1. The number of Topliss-reactive ketones (excluding diaryl/α,β-unsaturated/α-hetero) is 2. The van der Waals surface area contributed by atoms with E-state index >= 15 is 0 Å². The van der Waals surface area contributed by atoms with Crippen molar-refractivity contribution in [2.75, 3.05) is 11.1 Å². The summed E-state index contributed by atoms with van der Waals surface area (Å²) in [6.45, 7) is 4.03. The Hall–Kier alpha value is -2.95. The van der Waals surface area contributed by atoms with Gasteiger partial charge in [-0.2, -0.15) is 0 Å². The van der Waals surface area contributed by atoms with Gasteiger partial charge in [-0.1, -0.05) is 38.1 Å². The van der Waals surface area contributed by atoms with Crippen LogP contribution in [0.4, 0.5) is 11.4 Å². The Kier molecular flexibility index (Phi) is 5.63. The molecule has 0 radical (unpaired) electrons. The third-order valence-electron chi connectivity index (χ3n) is 5.70. The fraction of sp³-hybridized carbons (Fsp3) is 0.348. The van der Waals surface area contributed by atoms with E-state index in [1.807, 2.05) is 13.8 Å². The summed E-state index contributed by atoms with van der Waals surface area (Å²) >= 11 is 0. The van der Waals surface area contributed by atoms with Gasteiger partial charge in [0.2, 0.25) is 0 Å². The van der Waals surface area contributed by atoms with Crippen LogP contribution in [0.2, 0.25) is 0 Å². The van der Waals surface area contributed by atoms with Gasteiger partial charge in [0.05, 0.1) is 17.3 Å². The zero-order chi connectivity index (χ0) is 20.3. The lowest BCUT2D eigenvalue weighted by atomic mass is 9.68. The van der Waals surface area contributed by atoms with Crippen LogP contribution >= 0.6 is 0 Å². The van der Waals surface area contributed by atoms with Crippen molar-refractivity contribution in [2.45, 2.75) is 39.5 Å². The number of nitrogen functional groups attached to an aromatic ring is 1. The third-order valence-corrected chi connectivity index (χ3v) is 5.70. The molecule has 0 unspecified atom stereocenters. The molecule has 1 saturated carbocycles. The summed E-state index contributed by atoms with van der Waals surface area (Å²) in [6, 6.07) is 14.1. The van der Waals surface area contributed by atoms with Crippen molar-refractivity contribution in [2.24, 2.45) is 11.3 Å². The molecule has 0 saturated heterocycles. The molecular weight excluding hydrogens is 352 g/mol. The fourth-order valence-electron chi connectivity index (χ4n) is 3.64. The second-order valence-corrected chi connectivity index (χ2v) is 7.95. The van der Waals surface area contributed by atoms with E-state index in [2.05, 4.69) is 5.32 Å². The number of nitrogens with one attached hydrogen (secondary N) is 1. The topological polar surface area (TPSA) is 89.3 Å². The summed E-state index contributed by atoms with van der Waals surface area (Å²) in [5, 5.41) is 2.78. The molecule has 3 N–H and O–H groups in total. The number of amides is 1. The predicted octanol–water partition coefficient (Wildman–Crippen LogP) is 4.03. The predicted molar refractivity (Wildman–Crippen MR) is 110 cm³/mol. The molecule has 5 nitrogen and oxygen atoms in total. The molecule has 2 aromatic carbocycles. The number of benzene rings is 2. The van der Waals surface area contributed by atoms with Gasteiger partial charge in [-0.25, -0.2) is 0 Å². The number of ketones is 2. The standard InChI is InChI=1S/C23H26N2O3/c1-3-23(2)13-20(26)17(21(27)14-23)12-15-8-10-16(11-9-15)22(28)25-19-7-5-4-6-18(19)24/h4-11,17H,3,12-14,24H2,1-2H3,(H,25,28). The van der Waals surface area contributed by atoms with Gasteiger partial charge in [0.15, 0.2) is 0 Å². The van der Waals surface area contributed by atoms with Crippen LogP contribution in [0.25, 0.3) is 0 Å². The number of carbonyl (C=O) groups is 3. The maximum atomic E-state index is 12.5. The first kappa shape index (κ1) is 19.8. The highest BCUT2D eigenvalue weighted by Crippen LogP contribution is 2.38. The van der Waals surface area contributed by atoms with E-state index in [0.717, 1.165) is 12.0 Å². The molecule has 1 amide bonds. The lowest BCUT2D eigenvalue weighted by molar-refractivity contribution is -0.140. The van der Waals surface area contributed by atoms with Gasteiger partial charge in [-0.05, 0) is 48.1 Å². The van der Waals surface area contributed by atoms with E-state index in [-0.39, 0.29) is 22.9 Å². The van der Waals surface area contributed by atoms with Crippen LogP contribution in [0.1, 0.15) is 49.0 Å². The average molecular weight is 378 g/mol. The van der Waals surface area contributed by atoms with E-state index in [4.69, 9.17) is 5.73 Å². The molecule has 2 aromatic rings. The average Bonchev–Trinajstić information content (AvgIpc) is 2.67. The monoisotopic (exact) mass is 378 g/mol. The molecule has 0 aliphatic heterocycles. The number of carbonyl (C=O) groups excluding carboxylic acids is 3. The Morgan fingerprint density at radius 3 is 2.25 bits per heavy atom. The van der Waals surface area contributed by atoms with Crippen LogP contribution < -0.4 is 11.1 Å². The summed E-state index contributed by atoms with van der Waals surface area (Å²) in [7, 11) is 0. The number of hydrogen-bond acceptors (Lipinski definition) is 4. The molecule has 5 heteroatoms. The van der Waals surface area contributed by atoms with Crippen LogP contribution in [0.3, 0.4) is 0 Å². The number of para-hydroxylation sites is 2. The van der Waals surface area contributed by atoms with E-state index in [1.165, 1.54) is 0 Å². The molecule has 1 fully saturated rings. The first-order chi connectivity index (χ1) is 13.3. The molecule has 28 heavy (non-hydrogen) atoms. The Labute approximate surface area is 165 Å². The SMILES string of the molecule is CCC1(C)CC(=O)C(Cc2ccc(C(=O)Nc3ccccc3N)cc2)C(=O)C1. The van der Waals surface area contributed by atoms with Crippen LogP contribution in [0, 0.1) is 11.3 Å². The lowest BCUT2D eigenvalue weighted by Gasteiger charge is -2.34. The lowest BCUT2D eigenvalue weighted by Crippen LogP contribution is -2.39. The second kappa shape index (κ2) is 7.97. The highest BCUT2D eigenvalue weighted by molar-refractivity contribution is 6.06. The number of hydrogen-bond donors (Lipinski definition) is 2. The minimum Gasteiger partial charge on any atom is -0.397 e. The van der Waals surface area contributed by atoms with E-state index in [9.17, 15) is 14.4 Å². The van der Waals surface area contributed by atoms with E-state index in [0.29, 0.717) is 36.2 Å². The number of anilines is 2. The Morgan fingerprint density at radius 2 is 1.68 bits per heavy atom. The summed E-state index contributed by atoms with van der Waals surface area (Å²) in [5.74, 6) is -0.764. The van der Waals surface area contributed by atoms with Crippen molar-refractivity contribution in [1.29, 1.82) is 0 Å². The quantitative estimate of drug-likeness (QED) is 0.607. The summed E-state index contributed by atoms with van der Waals surface area (Å²) in [4.78, 5) is 37.4. The van der Waals surface area contributed by atoms with Crippen LogP contribution in [-0.4, -0.2) is 17.5 Å². The normalized spacial score (nSPS) is 22.1. The molecular formula is C23H26N2O3. The smallest absolute Gasteiger partial charge is 0.255 e. The fourth-order valence-corrected chi connectivity index (χ4v) is 3.64. The molecule has 0 aromatic heterocycles. The molecule has 0 bridgehead atoms. The van der Waals surface area contributed by atoms with Crippen molar-refractivity contribution in [3.05, 3.63) is 59.7 Å². The zero-order valence-corrected chi connectivity index (χ0v) is 16.3. The van der Waals surface area contributed by atoms with Crippen LogP contribution in [0.5, 0.6) is 0 Å². The minimum atomic E-state index is -0.566. The van der Waals surface area contributed by atoms with Crippen LogP contribution in [0.15, 0.2) is 48.5 Å². The first-order valence-electron chi connectivity index (χ1n) is 9.61.